The van der Waals surface area contributed by atoms with E-state index in [0.717, 1.165) is 12.0 Å². The van der Waals surface area contributed by atoms with Gasteiger partial charge >= 0.3 is 6.03 Å². The van der Waals surface area contributed by atoms with E-state index in [1.54, 1.807) is 24.3 Å². The number of carbonyl (C=O) groups is 1. The molecule has 0 heterocycles. The minimum Gasteiger partial charge on any atom is -0.387 e. The average molecular weight is 481 g/mol. The molecule has 6 N–H and O–H groups in total. The minimum atomic E-state index is -1.32. The van der Waals surface area contributed by atoms with Crippen molar-refractivity contribution in [1.82, 2.24) is 16.0 Å². The predicted molar refractivity (Wildman–Crippen MR) is 141 cm³/mol. The summed E-state index contributed by atoms with van der Waals surface area (Å²) in [5.74, 6) is 2.31. The highest BCUT2D eigenvalue weighted by Crippen LogP contribution is 2.27. The molecule has 3 unspecified atom stereocenters. The fraction of sp³-hybridized carbons (Fsp3) is 0.464. The van der Waals surface area contributed by atoms with Crippen molar-refractivity contribution in [1.29, 1.82) is 0 Å². The van der Waals surface area contributed by atoms with Gasteiger partial charge in [-0.25, -0.2) is 9.59 Å². The number of hydrogen-bond donors (Lipinski definition) is 5. The van der Waals surface area contributed by atoms with Crippen LogP contribution in [0.15, 0.2) is 60.7 Å². The van der Waals surface area contributed by atoms with Crippen molar-refractivity contribution in [2.24, 2.45) is 11.7 Å². The predicted octanol–water partition coefficient (Wildman–Crippen LogP) is 3.61. The molecule has 0 aliphatic rings. The molecule has 3 atom stereocenters. The Hall–Kier alpha value is -2.96. The van der Waals surface area contributed by atoms with Gasteiger partial charge in [-0.15, -0.1) is 0 Å². The Bertz CT molecular complexity index is 982. The zero-order valence-electron chi connectivity index (χ0n) is 21.5. The zero-order valence-corrected chi connectivity index (χ0v) is 21.5. The molecule has 7 nitrogen and oxygen atoms in total. The molecule has 7 heteroatoms. The topological polar surface area (TPSA) is 116 Å². The third kappa shape index (κ3) is 8.96. The largest absolute Gasteiger partial charge is 0.387 e. The molecule has 0 saturated heterocycles. The molecule has 2 amide bonds. The van der Waals surface area contributed by atoms with Gasteiger partial charge in [0.05, 0.1) is 17.3 Å². The quantitative estimate of drug-likeness (QED) is 0.249. The van der Waals surface area contributed by atoms with E-state index in [2.05, 4.69) is 29.8 Å². The smallest absolute Gasteiger partial charge is 0.315 e. The number of nitrogens with two attached hydrogens (primary N) is 1. The summed E-state index contributed by atoms with van der Waals surface area (Å²) in [4.78, 5) is 25.1. The van der Waals surface area contributed by atoms with Crippen LogP contribution in [-0.4, -0.2) is 40.4 Å². The number of benzene rings is 2. The summed E-state index contributed by atoms with van der Waals surface area (Å²) < 4.78 is 0. The first-order valence-electron chi connectivity index (χ1n) is 12.1. The second-order valence-electron chi connectivity index (χ2n) is 10.5. The molecule has 0 aliphatic heterocycles. The molecule has 0 fully saturated rings. The summed E-state index contributed by atoms with van der Waals surface area (Å²) in [5, 5.41) is 20.6. The highest BCUT2D eigenvalue weighted by Gasteiger charge is 2.43. The first-order chi connectivity index (χ1) is 16.4. The van der Waals surface area contributed by atoms with E-state index in [1.165, 1.54) is 0 Å². The van der Waals surface area contributed by atoms with Crippen LogP contribution in [0.5, 0.6) is 0 Å². The zero-order chi connectivity index (χ0) is 26.1. The second kappa shape index (κ2) is 12.7. The van der Waals surface area contributed by atoms with Crippen LogP contribution in [0.4, 0.5) is 4.79 Å². The summed E-state index contributed by atoms with van der Waals surface area (Å²) >= 11 is 0. The maximum atomic E-state index is 12.9. The number of urea groups is 1. The molecule has 35 heavy (non-hydrogen) atoms. The fourth-order valence-electron chi connectivity index (χ4n) is 4.01. The van der Waals surface area contributed by atoms with Gasteiger partial charge in [-0.2, -0.15) is 0 Å². The summed E-state index contributed by atoms with van der Waals surface area (Å²) in [5.41, 5.74) is 6.71. The number of amides is 2. The first-order valence-corrected chi connectivity index (χ1v) is 12.1. The highest BCUT2D eigenvalue weighted by molar-refractivity contribution is 5.92. The molecule has 0 radical (unpaired) electrons. The Morgan fingerprint density at radius 1 is 1.03 bits per heavy atom. The standard InChI is InChI=1S/C28H40N4O3/c1-20(2)16-17-28(29,32-27(3,4)5)25(34)24(23(19-33)22-14-10-7-11-15-22)31-26(35)30-18-21-12-8-6-9-13-21/h6-15,20,24-25,32,34H,16-18,29H2,1-5H3,(H2,30,31,35). The number of aliphatic hydroxyl groups excluding tert-OH is 1. The lowest BCUT2D eigenvalue weighted by Crippen LogP contribution is -2.71. The van der Waals surface area contributed by atoms with Crippen molar-refractivity contribution in [3.63, 3.8) is 0 Å². The van der Waals surface area contributed by atoms with E-state index in [1.807, 2.05) is 63.1 Å². The molecule has 2 aromatic rings. The van der Waals surface area contributed by atoms with E-state index in [0.29, 0.717) is 24.4 Å². The average Bonchev–Trinajstić information content (AvgIpc) is 2.81. The highest BCUT2D eigenvalue weighted by atomic mass is 16.3. The van der Waals surface area contributed by atoms with Crippen LogP contribution in [0, 0.1) is 5.92 Å². The molecule has 190 valence electrons. The fourth-order valence-corrected chi connectivity index (χ4v) is 4.01. The number of rotatable bonds is 11. The van der Waals surface area contributed by atoms with Crippen LogP contribution < -0.4 is 21.7 Å². The third-order valence-electron chi connectivity index (χ3n) is 5.67. The Balaban J connectivity index is 2.39. The van der Waals surface area contributed by atoms with E-state index in [9.17, 15) is 14.7 Å². The maximum Gasteiger partial charge on any atom is 0.315 e. The molecule has 0 spiro atoms. The van der Waals surface area contributed by atoms with Crippen molar-refractivity contribution in [3.8, 4) is 0 Å². The summed E-state index contributed by atoms with van der Waals surface area (Å²) in [6.07, 6.45) is -0.136. The number of carbonyl (C=O) groups excluding carboxylic acids is 2. The maximum absolute atomic E-state index is 12.9. The minimum absolute atomic E-state index is 0.128. The van der Waals surface area contributed by atoms with Crippen molar-refractivity contribution in [3.05, 3.63) is 71.8 Å². The monoisotopic (exact) mass is 480 g/mol. The Morgan fingerprint density at radius 3 is 2.11 bits per heavy atom. The lowest BCUT2D eigenvalue weighted by atomic mass is 9.83. The summed E-state index contributed by atoms with van der Waals surface area (Å²) in [6.45, 7) is 10.3. The van der Waals surface area contributed by atoms with Gasteiger partial charge in [0.1, 0.15) is 12.0 Å². The molecule has 0 saturated carbocycles. The van der Waals surface area contributed by atoms with Crippen molar-refractivity contribution < 1.29 is 14.7 Å². The van der Waals surface area contributed by atoms with Crippen molar-refractivity contribution >= 4 is 17.5 Å². The van der Waals surface area contributed by atoms with Crippen LogP contribution >= 0.6 is 0 Å². The number of aliphatic hydroxyl groups is 1. The third-order valence-corrected chi connectivity index (χ3v) is 5.67. The van der Waals surface area contributed by atoms with Gasteiger partial charge in [-0.1, -0.05) is 74.5 Å². The SMILES string of the molecule is CC(C)CCC(N)(NC(C)(C)C)C(O)C(NC(=O)NCc1ccccc1)C(=C=O)c1ccccc1. The van der Waals surface area contributed by atoms with E-state index in [-0.39, 0.29) is 5.57 Å². The number of nitrogens with one attached hydrogen (secondary N) is 3. The van der Waals surface area contributed by atoms with E-state index >= 15 is 0 Å². The van der Waals surface area contributed by atoms with Crippen LogP contribution in [0.1, 0.15) is 58.6 Å². The van der Waals surface area contributed by atoms with Gasteiger partial charge in [-0.05, 0) is 50.7 Å². The lowest BCUT2D eigenvalue weighted by Gasteiger charge is -2.44. The molecular weight excluding hydrogens is 440 g/mol. The molecule has 0 aromatic heterocycles. The molecule has 0 bridgehead atoms. The Morgan fingerprint density at radius 2 is 1.60 bits per heavy atom. The van der Waals surface area contributed by atoms with Crippen LogP contribution in [0.25, 0.3) is 5.57 Å². The Labute approximate surface area is 209 Å². The first kappa shape index (κ1) is 28.3. The lowest BCUT2D eigenvalue weighted by molar-refractivity contribution is 0.0239. The molecule has 2 aromatic carbocycles. The van der Waals surface area contributed by atoms with Gasteiger partial charge < -0.3 is 21.5 Å². The summed E-state index contributed by atoms with van der Waals surface area (Å²) in [6, 6.07) is 16.7. The normalized spacial score (nSPS) is 15.0. The van der Waals surface area contributed by atoms with Gasteiger partial charge in [0.15, 0.2) is 0 Å². The molecule has 2 rings (SSSR count). The second-order valence-corrected chi connectivity index (χ2v) is 10.5. The Kier molecular flexibility index (Phi) is 10.2. The summed E-state index contributed by atoms with van der Waals surface area (Å²) in [7, 11) is 0. The van der Waals surface area contributed by atoms with Crippen LogP contribution in [0.3, 0.4) is 0 Å². The number of hydrogen-bond acceptors (Lipinski definition) is 5. The van der Waals surface area contributed by atoms with Crippen molar-refractivity contribution in [2.45, 2.75) is 77.4 Å². The van der Waals surface area contributed by atoms with Gasteiger partial charge in [-0.3, -0.25) is 5.32 Å². The van der Waals surface area contributed by atoms with E-state index < -0.39 is 29.4 Å². The van der Waals surface area contributed by atoms with Crippen molar-refractivity contribution in [2.75, 3.05) is 0 Å². The van der Waals surface area contributed by atoms with Crippen LogP contribution in [0.2, 0.25) is 0 Å². The van der Waals surface area contributed by atoms with Gasteiger partial charge in [0.25, 0.3) is 0 Å². The molecule has 0 aliphatic carbocycles. The van der Waals surface area contributed by atoms with Gasteiger partial charge in [0, 0.05) is 12.1 Å². The molecular formula is C28H40N4O3. The van der Waals surface area contributed by atoms with E-state index in [4.69, 9.17) is 5.73 Å². The van der Waals surface area contributed by atoms with Crippen LogP contribution in [-0.2, 0) is 11.3 Å². The van der Waals surface area contributed by atoms with Gasteiger partial charge in [0.2, 0.25) is 0 Å².